The molecule has 0 heterocycles. The summed E-state index contributed by atoms with van der Waals surface area (Å²) in [6, 6.07) is 0.187. The Bertz CT molecular complexity index is 262. The Balaban J connectivity index is 2.29. The molecule has 0 spiro atoms. The average molecular weight is 221 g/mol. The first kappa shape index (κ1) is 11.9. The molecule has 0 bridgehead atoms. The van der Waals surface area contributed by atoms with Gasteiger partial charge in [-0.25, -0.2) is 0 Å². The van der Waals surface area contributed by atoms with E-state index in [2.05, 4.69) is 10.0 Å². The Hall–Kier alpha value is -0.170. The highest BCUT2D eigenvalue weighted by Gasteiger charge is 2.28. The summed E-state index contributed by atoms with van der Waals surface area (Å²) in [6.07, 6.45) is 2.78. The second-order valence-corrected chi connectivity index (χ2v) is 5.48. The lowest BCUT2D eigenvalue weighted by molar-refractivity contribution is 0.447. The summed E-state index contributed by atoms with van der Waals surface area (Å²) in [7, 11) is 0.248. The van der Waals surface area contributed by atoms with Crippen molar-refractivity contribution >= 4 is 10.2 Å². The molecule has 0 radical (unpaired) electrons. The highest BCUT2D eigenvalue weighted by Crippen LogP contribution is 2.20. The predicted octanol–water partition coefficient (Wildman–Crippen LogP) is -0.475. The summed E-state index contributed by atoms with van der Waals surface area (Å²) in [6.45, 7) is 1.40. The smallest absolute Gasteiger partial charge is 0.279 e. The standard InChI is InChI=1S/C8H19N3O2S/c1-9-6-3-7-11(2)14(12,13)10-8-4-5-8/h8-10H,3-7H2,1-2H3. The number of hydrogen-bond donors (Lipinski definition) is 2. The molecule has 0 aromatic carbocycles. The molecule has 1 rings (SSSR count). The van der Waals surface area contributed by atoms with E-state index in [4.69, 9.17) is 0 Å². The van der Waals surface area contributed by atoms with Crippen molar-refractivity contribution in [3.8, 4) is 0 Å². The lowest BCUT2D eigenvalue weighted by Crippen LogP contribution is -2.40. The van der Waals surface area contributed by atoms with Crippen LogP contribution in [0.4, 0.5) is 0 Å². The summed E-state index contributed by atoms with van der Waals surface area (Å²) in [4.78, 5) is 0. The molecule has 0 atom stereocenters. The molecule has 0 saturated heterocycles. The maximum absolute atomic E-state index is 11.6. The fourth-order valence-electron chi connectivity index (χ4n) is 1.10. The van der Waals surface area contributed by atoms with E-state index in [1.807, 2.05) is 7.05 Å². The summed E-state index contributed by atoms with van der Waals surface area (Å²) in [5.41, 5.74) is 0. The van der Waals surface area contributed by atoms with Crippen molar-refractivity contribution < 1.29 is 8.42 Å². The van der Waals surface area contributed by atoms with Gasteiger partial charge in [-0.1, -0.05) is 0 Å². The highest BCUT2D eigenvalue weighted by molar-refractivity contribution is 7.87. The van der Waals surface area contributed by atoms with Gasteiger partial charge >= 0.3 is 0 Å². The second-order valence-electron chi connectivity index (χ2n) is 3.68. The van der Waals surface area contributed by atoms with Gasteiger partial charge in [-0.05, 0) is 32.9 Å². The van der Waals surface area contributed by atoms with Crippen LogP contribution in [0.25, 0.3) is 0 Å². The Morgan fingerprint density at radius 1 is 1.43 bits per heavy atom. The molecule has 0 aromatic rings. The van der Waals surface area contributed by atoms with Crippen molar-refractivity contribution in [2.75, 3.05) is 27.2 Å². The molecule has 6 heteroatoms. The quantitative estimate of drug-likeness (QED) is 0.571. The van der Waals surface area contributed by atoms with Crippen LogP contribution in [0.5, 0.6) is 0 Å². The molecule has 1 saturated carbocycles. The fraction of sp³-hybridized carbons (Fsp3) is 1.00. The molecular weight excluding hydrogens is 202 g/mol. The molecule has 0 aliphatic heterocycles. The van der Waals surface area contributed by atoms with Crippen LogP contribution in [0.1, 0.15) is 19.3 Å². The van der Waals surface area contributed by atoms with Crippen LogP contribution >= 0.6 is 0 Å². The number of hydrogen-bond acceptors (Lipinski definition) is 3. The largest absolute Gasteiger partial charge is 0.320 e. The van der Waals surface area contributed by atoms with Crippen LogP contribution in [0.3, 0.4) is 0 Å². The minimum atomic E-state index is -3.22. The maximum atomic E-state index is 11.6. The fourth-order valence-corrected chi connectivity index (χ4v) is 2.31. The Morgan fingerprint density at radius 2 is 2.07 bits per heavy atom. The summed E-state index contributed by atoms with van der Waals surface area (Å²) >= 11 is 0. The van der Waals surface area contributed by atoms with Crippen molar-refractivity contribution in [1.29, 1.82) is 0 Å². The third kappa shape index (κ3) is 3.91. The summed E-state index contributed by atoms with van der Waals surface area (Å²) in [5.74, 6) is 0. The van der Waals surface area contributed by atoms with E-state index in [1.165, 1.54) is 4.31 Å². The molecule has 1 fully saturated rings. The molecule has 1 aliphatic rings. The van der Waals surface area contributed by atoms with Crippen molar-refractivity contribution in [1.82, 2.24) is 14.3 Å². The van der Waals surface area contributed by atoms with Gasteiger partial charge in [-0.2, -0.15) is 17.4 Å². The van der Waals surface area contributed by atoms with E-state index in [-0.39, 0.29) is 6.04 Å². The van der Waals surface area contributed by atoms with Gasteiger partial charge in [0.2, 0.25) is 0 Å². The first-order chi connectivity index (χ1) is 6.56. The lowest BCUT2D eigenvalue weighted by Gasteiger charge is -2.17. The molecular formula is C8H19N3O2S. The minimum Gasteiger partial charge on any atom is -0.320 e. The molecule has 5 nitrogen and oxygen atoms in total. The van der Waals surface area contributed by atoms with E-state index in [0.29, 0.717) is 6.54 Å². The average Bonchev–Trinajstić information content (AvgIpc) is 2.88. The molecule has 0 amide bonds. The SMILES string of the molecule is CNCCCN(C)S(=O)(=O)NC1CC1. The van der Waals surface area contributed by atoms with Crippen molar-refractivity contribution in [2.45, 2.75) is 25.3 Å². The van der Waals surface area contributed by atoms with Gasteiger partial charge in [0.1, 0.15) is 0 Å². The predicted molar refractivity (Wildman–Crippen MR) is 56.3 cm³/mol. The Labute approximate surface area is 86.0 Å². The number of nitrogens with zero attached hydrogens (tertiary/aromatic N) is 1. The first-order valence-corrected chi connectivity index (χ1v) is 6.38. The van der Waals surface area contributed by atoms with Gasteiger partial charge in [0.15, 0.2) is 0 Å². The minimum absolute atomic E-state index is 0.187. The van der Waals surface area contributed by atoms with Gasteiger partial charge in [0.05, 0.1) is 0 Å². The van der Waals surface area contributed by atoms with Crippen molar-refractivity contribution in [2.24, 2.45) is 0 Å². The number of nitrogens with one attached hydrogen (secondary N) is 2. The molecule has 0 unspecified atom stereocenters. The third-order valence-corrected chi connectivity index (χ3v) is 3.84. The lowest BCUT2D eigenvalue weighted by atomic mass is 10.4. The first-order valence-electron chi connectivity index (χ1n) is 4.94. The zero-order valence-corrected chi connectivity index (χ0v) is 9.60. The van der Waals surface area contributed by atoms with Crippen LogP contribution in [-0.2, 0) is 10.2 Å². The Kier molecular flexibility index (Phi) is 4.31. The van der Waals surface area contributed by atoms with Gasteiger partial charge in [-0.15, -0.1) is 0 Å². The van der Waals surface area contributed by atoms with E-state index >= 15 is 0 Å². The van der Waals surface area contributed by atoms with Crippen molar-refractivity contribution in [3.63, 3.8) is 0 Å². The Morgan fingerprint density at radius 3 is 2.57 bits per heavy atom. The number of rotatable bonds is 7. The van der Waals surface area contributed by atoms with Gasteiger partial charge in [0, 0.05) is 19.6 Å². The normalized spacial score (nSPS) is 17.6. The van der Waals surface area contributed by atoms with E-state index in [1.54, 1.807) is 7.05 Å². The van der Waals surface area contributed by atoms with Crippen LogP contribution in [0, 0.1) is 0 Å². The van der Waals surface area contributed by atoms with Crippen LogP contribution < -0.4 is 10.0 Å². The van der Waals surface area contributed by atoms with E-state index < -0.39 is 10.2 Å². The topological polar surface area (TPSA) is 61.4 Å². The second kappa shape index (κ2) is 5.06. The summed E-state index contributed by atoms with van der Waals surface area (Å²) in [5, 5.41) is 2.99. The monoisotopic (exact) mass is 221 g/mol. The van der Waals surface area contributed by atoms with Crippen LogP contribution in [0.2, 0.25) is 0 Å². The maximum Gasteiger partial charge on any atom is 0.279 e. The van der Waals surface area contributed by atoms with Crippen LogP contribution in [-0.4, -0.2) is 45.9 Å². The summed E-state index contributed by atoms with van der Waals surface area (Å²) < 4.78 is 27.2. The molecule has 1 aliphatic carbocycles. The molecule has 2 N–H and O–H groups in total. The van der Waals surface area contributed by atoms with Crippen molar-refractivity contribution in [3.05, 3.63) is 0 Å². The van der Waals surface area contributed by atoms with E-state index in [9.17, 15) is 8.42 Å². The van der Waals surface area contributed by atoms with E-state index in [0.717, 1.165) is 25.8 Å². The van der Waals surface area contributed by atoms with Gasteiger partial charge in [-0.3, -0.25) is 0 Å². The van der Waals surface area contributed by atoms with Crippen LogP contribution in [0.15, 0.2) is 0 Å². The zero-order chi connectivity index (χ0) is 10.6. The third-order valence-electron chi connectivity index (χ3n) is 2.20. The molecule has 14 heavy (non-hydrogen) atoms. The molecule has 0 aromatic heterocycles. The molecule has 84 valence electrons. The van der Waals surface area contributed by atoms with Gasteiger partial charge < -0.3 is 5.32 Å². The highest BCUT2D eigenvalue weighted by atomic mass is 32.2. The zero-order valence-electron chi connectivity index (χ0n) is 8.78. The van der Waals surface area contributed by atoms with Gasteiger partial charge in [0.25, 0.3) is 10.2 Å².